The number of aliphatic carboxylic acids is 1. The van der Waals surface area contributed by atoms with E-state index in [1.54, 1.807) is 13.8 Å². The first kappa shape index (κ1) is 25.6. The van der Waals surface area contributed by atoms with Crippen LogP contribution >= 0.6 is 0 Å². The van der Waals surface area contributed by atoms with Gasteiger partial charge < -0.3 is 15.7 Å². The normalized spacial score (nSPS) is 15.9. The van der Waals surface area contributed by atoms with Gasteiger partial charge in [0.2, 0.25) is 11.8 Å². The number of carboxylic acid groups (broad SMARTS) is 1. The summed E-state index contributed by atoms with van der Waals surface area (Å²) in [7, 11) is 0. The van der Waals surface area contributed by atoms with Crippen LogP contribution in [0.4, 0.5) is 13.2 Å². The molecule has 0 radical (unpaired) electrons. The Morgan fingerprint density at radius 3 is 1.86 bits per heavy atom. The monoisotopic (exact) mass is 414 g/mol. The second kappa shape index (κ2) is 10.8. The highest BCUT2D eigenvalue weighted by atomic mass is 19.4. The van der Waals surface area contributed by atoms with Gasteiger partial charge >= 0.3 is 12.1 Å². The molecule has 0 rings (SSSR count). The van der Waals surface area contributed by atoms with Crippen molar-refractivity contribution in [2.24, 2.45) is 5.92 Å². The van der Waals surface area contributed by atoms with Crippen molar-refractivity contribution in [1.82, 2.24) is 21.4 Å². The quantitative estimate of drug-likeness (QED) is 0.208. The minimum atomic E-state index is -4.89. The molecule has 28 heavy (non-hydrogen) atoms. The van der Waals surface area contributed by atoms with Crippen LogP contribution in [0, 0.1) is 5.92 Å². The average Bonchev–Trinajstić information content (AvgIpc) is 2.56. The molecule has 0 aliphatic rings. The Kier molecular flexibility index (Phi) is 9.87. The molecule has 0 fully saturated rings. The summed E-state index contributed by atoms with van der Waals surface area (Å²) >= 11 is 0. The van der Waals surface area contributed by atoms with Crippen molar-refractivity contribution in [3.63, 3.8) is 0 Å². The molecule has 13 heteroatoms. The van der Waals surface area contributed by atoms with E-state index in [-0.39, 0.29) is 0 Å². The molecule has 0 aromatic rings. The van der Waals surface area contributed by atoms with Crippen molar-refractivity contribution in [3.8, 4) is 0 Å². The largest absolute Gasteiger partial charge is 0.480 e. The standard InChI is InChI=1S/C15H25F3N4O6/c1-6(2)11(14(26)27)21-12(24)7(3)20-10(23)5-9(15(16,17)18)19-8(4)13(25)22-28/h6-9,11,19,28H,5H2,1-4H3,(H,20,23)(H,21,24)(H,22,25)(H,26,27)/t7-,8-,9-,11-/m0/s1. The molecule has 6 N–H and O–H groups in total. The molecule has 0 aliphatic carbocycles. The Hall–Kier alpha value is -2.41. The highest BCUT2D eigenvalue weighted by Crippen LogP contribution is 2.23. The van der Waals surface area contributed by atoms with Crippen LogP contribution in [0.25, 0.3) is 0 Å². The second-order valence-corrected chi connectivity index (χ2v) is 6.52. The lowest BCUT2D eigenvalue weighted by Gasteiger charge is -2.25. The van der Waals surface area contributed by atoms with Crippen molar-refractivity contribution in [1.29, 1.82) is 0 Å². The Labute approximate surface area is 159 Å². The molecule has 0 saturated carbocycles. The zero-order chi connectivity index (χ0) is 22.2. The summed E-state index contributed by atoms with van der Waals surface area (Å²) in [6, 6.07) is -6.39. The molecular weight excluding hydrogens is 389 g/mol. The molecule has 0 spiro atoms. The molecule has 0 aliphatic heterocycles. The average molecular weight is 414 g/mol. The van der Waals surface area contributed by atoms with Gasteiger partial charge in [0.05, 0.1) is 12.5 Å². The molecule has 0 bridgehead atoms. The molecule has 0 aromatic heterocycles. The van der Waals surface area contributed by atoms with E-state index in [0.29, 0.717) is 0 Å². The van der Waals surface area contributed by atoms with Crippen LogP contribution in [0.15, 0.2) is 0 Å². The number of alkyl halides is 3. The number of hydrogen-bond acceptors (Lipinski definition) is 6. The summed E-state index contributed by atoms with van der Waals surface area (Å²) in [6.07, 6.45) is -6.03. The molecule has 4 atom stereocenters. The van der Waals surface area contributed by atoms with Gasteiger partial charge in [-0.15, -0.1) is 0 Å². The molecule has 0 aromatic carbocycles. The van der Waals surface area contributed by atoms with Gasteiger partial charge in [-0.2, -0.15) is 13.2 Å². The number of hydrogen-bond donors (Lipinski definition) is 6. The van der Waals surface area contributed by atoms with Gasteiger partial charge in [0.15, 0.2) is 0 Å². The minimum absolute atomic E-state index is 0.456. The number of hydroxylamine groups is 1. The van der Waals surface area contributed by atoms with Crippen LogP contribution in [0.1, 0.15) is 34.1 Å². The molecule has 0 unspecified atom stereocenters. The number of amides is 3. The zero-order valence-corrected chi connectivity index (χ0v) is 15.8. The van der Waals surface area contributed by atoms with Gasteiger partial charge in [0, 0.05) is 0 Å². The number of halogens is 3. The zero-order valence-electron chi connectivity index (χ0n) is 15.8. The first-order valence-corrected chi connectivity index (χ1v) is 8.29. The lowest BCUT2D eigenvalue weighted by Crippen LogP contribution is -2.55. The number of carbonyl (C=O) groups excluding carboxylic acids is 3. The smallest absolute Gasteiger partial charge is 0.404 e. The summed E-state index contributed by atoms with van der Waals surface area (Å²) in [5.41, 5.74) is 1.19. The summed E-state index contributed by atoms with van der Waals surface area (Å²) < 4.78 is 39.2. The predicted octanol–water partition coefficient (Wildman–Crippen LogP) is -0.479. The summed E-state index contributed by atoms with van der Waals surface area (Å²) in [6.45, 7) is 5.33. The third-order valence-corrected chi connectivity index (χ3v) is 3.74. The van der Waals surface area contributed by atoms with Crippen molar-refractivity contribution in [3.05, 3.63) is 0 Å². The predicted molar refractivity (Wildman–Crippen MR) is 89.0 cm³/mol. The molecule has 162 valence electrons. The van der Waals surface area contributed by atoms with Crippen molar-refractivity contribution in [2.45, 2.75) is 64.5 Å². The van der Waals surface area contributed by atoms with Crippen LogP contribution in [0.2, 0.25) is 0 Å². The van der Waals surface area contributed by atoms with Crippen LogP contribution < -0.4 is 21.4 Å². The fourth-order valence-corrected chi connectivity index (χ4v) is 2.09. The topological polar surface area (TPSA) is 157 Å². The van der Waals surface area contributed by atoms with E-state index in [4.69, 9.17) is 10.3 Å². The highest BCUT2D eigenvalue weighted by molar-refractivity contribution is 5.90. The van der Waals surface area contributed by atoms with E-state index in [9.17, 15) is 32.3 Å². The number of nitrogens with one attached hydrogen (secondary N) is 4. The highest BCUT2D eigenvalue weighted by Gasteiger charge is 2.42. The Morgan fingerprint density at radius 2 is 1.46 bits per heavy atom. The minimum Gasteiger partial charge on any atom is -0.480 e. The Morgan fingerprint density at radius 1 is 0.929 bits per heavy atom. The molecule has 0 saturated heterocycles. The molecule has 10 nitrogen and oxygen atoms in total. The van der Waals surface area contributed by atoms with Gasteiger partial charge in [0.25, 0.3) is 5.91 Å². The fraction of sp³-hybridized carbons (Fsp3) is 0.733. The SMILES string of the molecule is CC(C)[C@H](NC(=O)[C@H](C)NC(=O)C[C@H](N[C@@H](C)C(=O)NO)C(F)(F)F)C(=O)O. The first-order chi connectivity index (χ1) is 12.7. The molecule has 3 amide bonds. The second-order valence-electron chi connectivity index (χ2n) is 6.52. The summed E-state index contributed by atoms with van der Waals surface area (Å²) in [5, 5.41) is 23.6. The van der Waals surface area contributed by atoms with Gasteiger partial charge in [-0.3, -0.25) is 24.9 Å². The molecular formula is C15H25F3N4O6. The maximum Gasteiger partial charge on any atom is 0.404 e. The van der Waals surface area contributed by atoms with E-state index < -0.39 is 66.4 Å². The third-order valence-electron chi connectivity index (χ3n) is 3.74. The number of rotatable bonds is 10. The van der Waals surface area contributed by atoms with Gasteiger partial charge in [-0.25, -0.2) is 10.3 Å². The van der Waals surface area contributed by atoms with Gasteiger partial charge in [-0.1, -0.05) is 13.8 Å². The van der Waals surface area contributed by atoms with Gasteiger partial charge in [-0.05, 0) is 19.8 Å². The van der Waals surface area contributed by atoms with E-state index in [1.807, 2.05) is 10.6 Å². The lowest BCUT2D eigenvalue weighted by molar-refractivity contribution is -0.165. The van der Waals surface area contributed by atoms with E-state index in [2.05, 4.69) is 5.32 Å². The van der Waals surface area contributed by atoms with E-state index >= 15 is 0 Å². The summed E-state index contributed by atoms with van der Waals surface area (Å²) in [4.78, 5) is 46.1. The van der Waals surface area contributed by atoms with Crippen molar-refractivity contribution in [2.75, 3.05) is 0 Å². The van der Waals surface area contributed by atoms with Crippen LogP contribution in [-0.4, -0.2) is 64.3 Å². The molecule has 0 heterocycles. The Bertz CT molecular complexity index is 585. The van der Waals surface area contributed by atoms with E-state index in [0.717, 1.165) is 6.92 Å². The lowest BCUT2D eigenvalue weighted by atomic mass is 10.0. The first-order valence-electron chi connectivity index (χ1n) is 8.29. The third kappa shape index (κ3) is 8.52. The van der Waals surface area contributed by atoms with Crippen molar-refractivity contribution >= 4 is 23.7 Å². The number of carboxylic acids is 1. The van der Waals surface area contributed by atoms with Crippen molar-refractivity contribution < 1.29 is 42.7 Å². The maximum absolute atomic E-state index is 13.1. The van der Waals surface area contributed by atoms with Crippen LogP contribution in [0.5, 0.6) is 0 Å². The number of carbonyl (C=O) groups is 4. The Balaban J connectivity index is 4.94. The fourth-order valence-electron chi connectivity index (χ4n) is 2.09. The van der Waals surface area contributed by atoms with Crippen LogP contribution in [-0.2, 0) is 19.2 Å². The van der Waals surface area contributed by atoms with Gasteiger partial charge in [0.1, 0.15) is 18.1 Å². The van der Waals surface area contributed by atoms with E-state index in [1.165, 1.54) is 12.4 Å². The maximum atomic E-state index is 13.1. The van der Waals surface area contributed by atoms with Crippen LogP contribution in [0.3, 0.4) is 0 Å². The summed E-state index contributed by atoms with van der Waals surface area (Å²) in [5.74, 6) is -4.90.